The van der Waals surface area contributed by atoms with Gasteiger partial charge in [0.15, 0.2) is 0 Å². The Morgan fingerprint density at radius 3 is 2.23 bits per heavy atom. The fraction of sp³-hybridized carbons (Fsp3) is 0.412. The summed E-state index contributed by atoms with van der Waals surface area (Å²) in [5.74, 6) is -0.285. The van der Waals surface area contributed by atoms with Gasteiger partial charge in [-0.2, -0.15) is 0 Å². The third-order valence-electron chi connectivity index (χ3n) is 3.52. The highest BCUT2D eigenvalue weighted by atomic mass is 16.5. The summed E-state index contributed by atoms with van der Waals surface area (Å²) in [6.07, 6.45) is 1.25. The van der Waals surface area contributed by atoms with E-state index in [-0.39, 0.29) is 11.8 Å². The molecule has 1 rings (SSSR count). The second-order valence-electron chi connectivity index (χ2n) is 5.77. The molecule has 0 aliphatic heterocycles. The molecule has 1 aromatic rings. The van der Waals surface area contributed by atoms with Crippen LogP contribution in [0.4, 0.5) is 5.69 Å². The van der Waals surface area contributed by atoms with E-state index in [0.717, 1.165) is 0 Å². The van der Waals surface area contributed by atoms with Crippen molar-refractivity contribution in [3.05, 3.63) is 42.5 Å². The van der Waals surface area contributed by atoms with E-state index in [2.05, 4.69) is 6.58 Å². The van der Waals surface area contributed by atoms with Crippen molar-refractivity contribution in [2.24, 2.45) is 0 Å². The summed E-state index contributed by atoms with van der Waals surface area (Å²) < 4.78 is 5.34. The van der Waals surface area contributed by atoms with Crippen LogP contribution in [0.25, 0.3) is 0 Å². The summed E-state index contributed by atoms with van der Waals surface area (Å²) >= 11 is 0. The van der Waals surface area contributed by atoms with Gasteiger partial charge in [-0.3, -0.25) is 9.59 Å². The maximum absolute atomic E-state index is 12.4. The minimum atomic E-state index is -0.402. The molecule has 0 spiro atoms. The number of hydrogen-bond acceptors (Lipinski definition) is 3. The molecule has 0 saturated carbocycles. The Bertz CT molecular complexity index is 550. The third kappa shape index (κ3) is 4.43. The highest BCUT2D eigenvalue weighted by Crippen LogP contribution is 2.16. The van der Waals surface area contributed by atoms with Gasteiger partial charge in [-0.1, -0.05) is 6.58 Å². The van der Waals surface area contributed by atoms with Crippen molar-refractivity contribution in [3.8, 4) is 0 Å². The van der Waals surface area contributed by atoms with Gasteiger partial charge in [0.1, 0.15) is 0 Å². The Balaban J connectivity index is 2.84. The SMILES string of the molecule is C=CC(=O)N(C)c1ccc(C(=O)N(C)CC(C)(C)OC)cc1. The zero-order valence-corrected chi connectivity index (χ0v) is 13.9. The first-order valence-corrected chi connectivity index (χ1v) is 7.02. The first-order valence-electron chi connectivity index (χ1n) is 7.02. The predicted octanol–water partition coefficient (Wildman–Crippen LogP) is 2.33. The molecule has 0 N–H and O–H groups in total. The lowest BCUT2D eigenvalue weighted by Crippen LogP contribution is -2.41. The van der Waals surface area contributed by atoms with Gasteiger partial charge in [0.2, 0.25) is 5.91 Å². The molecule has 5 nitrogen and oxygen atoms in total. The lowest BCUT2D eigenvalue weighted by Gasteiger charge is -2.29. The fourth-order valence-corrected chi connectivity index (χ4v) is 2.02. The molecule has 0 radical (unpaired) electrons. The van der Waals surface area contributed by atoms with Crippen LogP contribution in [0, 0.1) is 0 Å². The number of carbonyl (C=O) groups excluding carboxylic acids is 2. The van der Waals surface area contributed by atoms with Gasteiger partial charge in [0.05, 0.1) is 5.60 Å². The van der Waals surface area contributed by atoms with E-state index in [4.69, 9.17) is 4.74 Å². The van der Waals surface area contributed by atoms with Crippen molar-refractivity contribution in [1.82, 2.24) is 4.90 Å². The Hall–Kier alpha value is -2.14. The van der Waals surface area contributed by atoms with Gasteiger partial charge < -0.3 is 14.5 Å². The lowest BCUT2D eigenvalue weighted by molar-refractivity contribution is -0.113. The van der Waals surface area contributed by atoms with Crippen molar-refractivity contribution in [2.75, 3.05) is 32.6 Å². The number of benzene rings is 1. The van der Waals surface area contributed by atoms with Crippen LogP contribution in [0.2, 0.25) is 0 Å². The van der Waals surface area contributed by atoms with Gasteiger partial charge in [-0.15, -0.1) is 0 Å². The molecule has 0 aromatic heterocycles. The number of likely N-dealkylation sites (N-methyl/N-ethyl adjacent to an activating group) is 2. The number of nitrogens with zero attached hydrogens (tertiary/aromatic N) is 2. The van der Waals surface area contributed by atoms with Crippen LogP contribution in [0.15, 0.2) is 36.9 Å². The summed E-state index contributed by atoms with van der Waals surface area (Å²) in [5, 5.41) is 0. The zero-order valence-electron chi connectivity index (χ0n) is 13.9. The Kier molecular flexibility index (Phi) is 5.88. The maximum Gasteiger partial charge on any atom is 0.253 e. The number of anilines is 1. The minimum absolute atomic E-state index is 0.0885. The van der Waals surface area contributed by atoms with E-state index in [9.17, 15) is 9.59 Å². The molecule has 0 saturated heterocycles. The molecule has 0 heterocycles. The number of methoxy groups -OCH3 is 1. The summed E-state index contributed by atoms with van der Waals surface area (Å²) in [5.41, 5.74) is 0.875. The number of hydrogen-bond donors (Lipinski definition) is 0. The number of ether oxygens (including phenoxy) is 1. The van der Waals surface area contributed by atoms with E-state index in [1.54, 1.807) is 50.4 Å². The highest BCUT2D eigenvalue weighted by Gasteiger charge is 2.22. The average molecular weight is 304 g/mol. The number of carbonyl (C=O) groups is 2. The monoisotopic (exact) mass is 304 g/mol. The van der Waals surface area contributed by atoms with E-state index in [1.807, 2.05) is 13.8 Å². The number of amides is 2. The molecule has 0 atom stereocenters. The Labute approximate surface area is 132 Å². The quantitative estimate of drug-likeness (QED) is 0.758. The molecule has 1 aromatic carbocycles. The van der Waals surface area contributed by atoms with E-state index >= 15 is 0 Å². The van der Waals surface area contributed by atoms with Crippen molar-refractivity contribution >= 4 is 17.5 Å². The van der Waals surface area contributed by atoms with E-state index < -0.39 is 5.60 Å². The van der Waals surface area contributed by atoms with Gasteiger partial charge in [-0.25, -0.2) is 0 Å². The van der Waals surface area contributed by atoms with Crippen LogP contribution in [-0.2, 0) is 9.53 Å². The second-order valence-corrected chi connectivity index (χ2v) is 5.77. The molecule has 0 bridgehead atoms. The van der Waals surface area contributed by atoms with Gasteiger partial charge >= 0.3 is 0 Å². The van der Waals surface area contributed by atoms with E-state index in [0.29, 0.717) is 17.8 Å². The molecule has 22 heavy (non-hydrogen) atoms. The van der Waals surface area contributed by atoms with Crippen LogP contribution in [0.3, 0.4) is 0 Å². The van der Waals surface area contributed by atoms with Crippen LogP contribution < -0.4 is 4.90 Å². The van der Waals surface area contributed by atoms with Crippen molar-refractivity contribution < 1.29 is 14.3 Å². The Morgan fingerprint density at radius 1 is 1.23 bits per heavy atom. The molecule has 5 heteroatoms. The molecular weight excluding hydrogens is 280 g/mol. The maximum atomic E-state index is 12.4. The predicted molar refractivity (Wildman–Crippen MR) is 88.1 cm³/mol. The van der Waals surface area contributed by atoms with E-state index in [1.165, 1.54) is 11.0 Å². The van der Waals surface area contributed by atoms with Crippen molar-refractivity contribution in [1.29, 1.82) is 0 Å². The van der Waals surface area contributed by atoms with Crippen LogP contribution in [0.1, 0.15) is 24.2 Å². The first kappa shape index (κ1) is 17.9. The zero-order chi connectivity index (χ0) is 16.9. The Morgan fingerprint density at radius 2 is 1.77 bits per heavy atom. The highest BCUT2D eigenvalue weighted by molar-refractivity contribution is 6.01. The topological polar surface area (TPSA) is 49.9 Å². The summed E-state index contributed by atoms with van der Waals surface area (Å²) in [6, 6.07) is 6.90. The van der Waals surface area contributed by atoms with Crippen LogP contribution >= 0.6 is 0 Å². The van der Waals surface area contributed by atoms with Gasteiger partial charge in [-0.05, 0) is 44.2 Å². The average Bonchev–Trinajstić information content (AvgIpc) is 2.52. The largest absolute Gasteiger partial charge is 0.377 e. The van der Waals surface area contributed by atoms with Crippen LogP contribution in [-0.4, -0.2) is 50.1 Å². The minimum Gasteiger partial charge on any atom is -0.377 e. The molecule has 0 aliphatic rings. The molecule has 0 aliphatic carbocycles. The summed E-state index contributed by atoms with van der Waals surface area (Å²) in [6.45, 7) is 7.79. The third-order valence-corrected chi connectivity index (χ3v) is 3.52. The summed E-state index contributed by atoms with van der Waals surface area (Å²) in [4.78, 5) is 27.0. The second kappa shape index (κ2) is 7.22. The summed E-state index contributed by atoms with van der Waals surface area (Å²) in [7, 11) is 5.03. The fourth-order valence-electron chi connectivity index (χ4n) is 2.02. The van der Waals surface area contributed by atoms with Crippen molar-refractivity contribution in [2.45, 2.75) is 19.4 Å². The number of rotatable bonds is 6. The van der Waals surface area contributed by atoms with Crippen LogP contribution in [0.5, 0.6) is 0 Å². The lowest BCUT2D eigenvalue weighted by atomic mass is 10.1. The smallest absolute Gasteiger partial charge is 0.253 e. The van der Waals surface area contributed by atoms with Crippen molar-refractivity contribution in [3.63, 3.8) is 0 Å². The molecular formula is C17H24N2O3. The van der Waals surface area contributed by atoms with Gasteiger partial charge in [0.25, 0.3) is 5.91 Å². The molecule has 120 valence electrons. The molecule has 0 unspecified atom stereocenters. The molecule has 2 amide bonds. The molecule has 0 fully saturated rings. The normalized spacial score (nSPS) is 11.0. The first-order chi connectivity index (χ1) is 10.2. The van der Waals surface area contributed by atoms with Gasteiger partial charge in [0, 0.05) is 39.0 Å². The standard InChI is InChI=1S/C17H24N2O3/c1-7-15(20)19(5)14-10-8-13(9-11-14)16(21)18(4)12-17(2,3)22-6/h7-11H,1,12H2,2-6H3.